The van der Waals surface area contributed by atoms with Gasteiger partial charge in [0.15, 0.2) is 5.76 Å². The highest BCUT2D eigenvalue weighted by molar-refractivity contribution is 6.21. The molecule has 1 aliphatic rings. The summed E-state index contributed by atoms with van der Waals surface area (Å²) in [4.78, 5) is 25.8. The van der Waals surface area contributed by atoms with Crippen LogP contribution in [0, 0.1) is 6.92 Å². The molecular weight excluding hydrogens is 294 g/mol. The van der Waals surface area contributed by atoms with Crippen molar-refractivity contribution in [2.75, 3.05) is 6.54 Å². The van der Waals surface area contributed by atoms with Crippen LogP contribution in [-0.2, 0) is 6.54 Å². The van der Waals surface area contributed by atoms with Gasteiger partial charge < -0.3 is 9.84 Å². The zero-order valence-electron chi connectivity index (χ0n) is 13.2. The molecule has 0 spiro atoms. The highest BCUT2D eigenvalue weighted by Gasteiger charge is 2.34. The lowest BCUT2D eigenvalue weighted by molar-refractivity contribution is 0.0649. The Hall–Kier alpha value is -2.47. The Morgan fingerprint density at radius 1 is 1.22 bits per heavy atom. The van der Waals surface area contributed by atoms with Crippen LogP contribution < -0.4 is 5.32 Å². The van der Waals surface area contributed by atoms with Crippen molar-refractivity contribution in [2.45, 2.75) is 32.9 Å². The van der Waals surface area contributed by atoms with Crippen LogP contribution in [0.2, 0.25) is 0 Å². The second kappa shape index (κ2) is 6.34. The summed E-state index contributed by atoms with van der Waals surface area (Å²) in [6, 6.07) is 8.97. The SMILES string of the molecule is Cc1cc(CN[C@@H](C)CCN2C(=O)c3ccccc3C2=O)on1. The fourth-order valence-corrected chi connectivity index (χ4v) is 2.64. The van der Waals surface area contributed by atoms with Gasteiger partial charge in [0, 0.05) is 18.7 Å². The normalized spacial score (nSPS) is 15.1. The fraction of sp³-hybridized carbons (Fsp3) is 0.353. The number of fused-ring (bicyclic) bond motifs is 1. The Labute approximate surface area is 134 Å². The Bertz CT molecular complexity index is 703. The zero-order valence-corrected chi connectivity index (χ0v) is 13.2. The molecule has 0 saturated heterocycles. The molecule has 3 rings (SSSR count). The number of nitrogens with one attached hydrogen (secondary N) is 1. The van der Waals surface area contributed by atoms with Gasteiger partial charge in [0.05, 0.1) is 23.4 Å². The minimum atomic E-state index is -0.205. The van der Waals surface area contributed by atoms with Gasteiger partial charge in [0.1, 0.15) is 0 Å². The molecule has 0 fully saturated rings. The summed E-state index contributed by atoms with van der Waals surface area (Å²) in [6.45, 7) is 4.86. The Balaban J connectivity index is 1.52. The van der Waals surface area contributed by atoms with Crippen LogP contribution in [0.4, 0.5) is 0 Å². The molecule has 1 aliphatic heterocycles. The number of aryl methyl sites for hydroxylation is 1. The molecule has 0 bridgehead atoms. The van der Waals surface area contributed by atoms with Crippen LogP contribution in [-0.4, -0.2) is 34.5 Å². The number of imide groups is 1. The molecule has 23 heavy (non-hydrogen) atoms. The summed E-state index contributed by atoms with van der Waals surface area (Å²) in [5.41, 5.74) is 1.84. The van der Waals surface area contributed by atoms with Gasteiger partial charge in [0.2, 0.25) is 0 Å². The Kier molecular flexibility index (Phi) is 4.25. The second-order valence-corrected chi connectivity index (χ2v) is 5.81. The van der Waals surface area contributed by atoms with E-state index in [0.717, 1.165) is 11.5 Å². The molecule has 0 radical (unpaired) electrons. The summed E-state index contributed by atoms with van der Waals surface area (Å²) in [7, 11) is 0. The number of hydrogen-bond acceptors (Lipinski definition) is 5. The first-order valence-corrected chi connectivity index (χ1v) is 7.67. The smallest absolute Gasteiger partial charge is 0.261 e. The highest BCUT2D eigenvalue weighted by Crippen LogP contribution is 2.22. The van der Waals surface area contributed by atoms with Crippen LogP contribution in [0.1, 0.15) is 45.5 Å². The number of amides is 2. The third-order valence-corrected chi connectivity index (χ3v) is 3.97. The number of hydrogen-bond donors (Lipinski definition) is 1. The quantitative estimate of drug-likeness (QED) is 0.827. The minimum Gasteiger partial charge on any atom is -0.360 e. The van der Waals surface area contributed by atoms with E-state index in [1.54, 1.807) is 24.3 Å². The lowest BCUT2D eigenvalue weighted by Gasteiger charge is -2.18. The molecule has 6 heteroatoms. The van der Waals surface area contributed by atoms with Crippen LogP contribution in [0.3, 0.4) is 0 Å². The predicted molar refractivity (Wildman–Crippen MR) is 84.0 cm³/mol. The topological polar surface area (TPSA) is 75.4 Å². The molecule has 1 aromatic carbocycles. The van der Waals surface area contributed by atoms with E-state index in [0.29, 0.717) is 30.6 Å². The molecule has 0 unspecified atom stereocenters. The molecule has 6 nitrogen and oxygen atoms in total. The van der Waals surface area contributed by atoms with Crippen LogP contribution in [0.25, 0.3) is 0 Å². The van der Waals surface area contributed by atoms with Crippen molar-refractivity contribution in [1.82, 2.24) is 15.4 Å². The average Bonchev–Trinajstić information content (AvgIpc) is 3.07. The molecule has 2 amide bonds. The Morgan fingerprint density at radius 2 is 1.87 bits per heavy atom. The van der Waals surface area contributed by atoms with E-state index in [4.69, 9.17) is 4.52 Å². The average molecular weight is 313 g/mol. The molecule has 1 N–H and O–H groups in total. The summed E-state index contributed by atoms with van der Waals surface area (Å²) < 4.78 is 5.14. The minimum absolute atomic E-state index is 0.143. The van der Waals surface area contributed by atoms with Gasteiger partial charge in [-0.15, -0.1) is 0 Å². The van der Waals surface area contributed by atoms with Gasteiger partial charge in [-0.05, 0) is 32.4 Å². The third-order valence-electron chi connectivity index (χ3n) is 3.97. The van der Waals surface area contributed by atoms with Crippen molar-refractivity contribution in [3.8, 4) is 0 Å². The van der Waals surface area contributed by atoms with Crippen LogP contribution in [0.15, 0.2) is 34.9 Å². The molecule has 0 saturated carbocycles. The maximum absolute atomic E-state index is 12.3. The molecule has 1 aromatic heterocycles. The third kappa shape index (κ3) is 3.17. The van der Waals surface area contributed by atoms with Crippen molar-refractivity contribution in [1.29, 1.82) is 0 Å². The largest absolute Gasteiger partial charge is 0.360 e. The van der Waals surface area contributed by atoms with E-state index < -0.39 is 0 Å². The first kappa shape index (κ1) is 15.4. The van der Waals surface area contributed by atoms with Crippen molar-refractivity contribution in [3.63, 3.8) is 0 Å². The van der Waals surface area contributed by atoms with Gasteiger partial charge in [0.25, 0.3) is 11.8 Å². The van der Waals surface area contributed by atoms with Gasteiger partial charge in [-0.2, -0.15) is 0 Å². The molecule has 120 valence electrons. The van der Waals surface area contributed by atoms with Gasteiger partial charge >= 0.3 is 0 Å². The number of carbonyl (C=O) groups is 2. The van der Waals surface area contributed by atoms with Crippen molar-refractivity contribution in [3.05, 3.63) is 52.9 Å². The first-order chi connectivity index (χ1) is 11.1. The lowest BCUT2D eigenvalue weighted by Crippen LogP contribution is -2.35. The van der Waals surface area contributed by atoms with Gasteiger partial charge in [-0.1, -0.05) is 17.3 Å². The standard InChI is InChI=1S/C17H19N3O3/c1-11(18-10-13-9-12(2)19-23-13)7-8-20-16(21)14-5-3-4-6-15(14)17(20)22/h3-6,9,11,18H,7-8,10H2,1-2H3/t11-/m0/s1. The summed E-state index contributed by atoms with van der Waals surface area (Å²) in [5, 5.41) is 7.14. The molecule has 2 heterocycles. The molecule has 2 aromatic rings. The second-order valence-electron chi connectivity index (χ2n) is 5.81. The molecular formula is C17H19N3O3. The Morgan fingerprint density at radius 3 is 2.43 bits per heavy atom. The van der Waals surface area contributed by atoms with E-state index in [2.05, 4.69) is 10.5 Å². The molecule has 0 aliphatic carbocycles. The van der Waals surface area contributed by atoms with Crippen molar-refractivity contribution >= 4 is 11.8 Å². The van der Waals surface area contributed by atoms with Gasteiger partial charge in [-0.3, -0.25) is 14.5 Å². The van der Waals surface area contributed by atoms with Crippen LogP contribution in [0.5, 0.6) is 0 Å². The number of benzene rings is 1. The number of carbonyl (C=O) groups excluding carboxylic acids is 2. The highest BCUT2D eigenvalue weighted by atomic mass is 16.5. The number of aromatic nitrogens is 1. The summed E-state index contributed by atoms with van der Waals surface area (Å²) in [5.74, 6) is 0.363. The number of nitrogens with zero attached hydrogens (tertiary/aromatic N) is 2. The van der Waals surface area contributed by atoms with Crippen molar-refractivity contribution < 1.29 is 14.1 Å². The zero-order chi connectivity index (χ0) is 16.4. The van der Waals surface area contributed by atoms with E-state index >= 15 is 0 Å². The summed E-state index contributed by atoms with van der Waals surface area (Å²) in [6.07, 6.45) is 0.679. The summed E-state index contributed by atoms with van der Waals surface area (Å²) >= 11 is 0. The van der Waals surface area contributed by atoms with E-state index in [-0.39, 0.29) is 17.9 Å². The van der Waals surface area contributed by atoms with E-state index in [9.17, 15) is 9.59 Å². The van der Waals surface area contributed by atoms with E-state index in [1.165, 1.54) is 4.90 Å². The fourth-order valence-electron chi connectivity index (χ4n) is 2.64. The van der Waals surface area contributed by atoms with Crippen molar-refractivity contribution in [2.24, 2.45) is 0 Å². The maximum atomic E-state index is 12.3. The van der Waals surface area contributed by atoms with Crippen LogP contribution >= 0.6 is 0 Å². The molecule has 1 atom stereocenters. The van der Waals surface area contributed by atoms with E-state index in [1.807, 2.05) is 19.9 Å². The maximum Gasteiger partial charge on any atom is 0.261 e. The van der Waals surface area contributed by atoms with Gasteiger partial charge in [-0.25, -0.2) is 0 Å². The monoisotopic (exact) mass is 313 g/mol. The lowest BCUT2D eigenvalue weighted by atomic mass is 10.1. The first-order valence-electron chi connectivity index (χ1n) is 7.67. The predicted octanol–water partition coefficient (Wildman–Crippen LogP) is 2.15. The number of rotatable bonds is 6.